The molecule has 0 bridgehead atoms. The fraction of sp³-hybridized carbons (Fsp3) is 0.286. The first-order chi connectivity index (χ1) is 12.4. The minimum atomic E-state index is -0.118. The number of nitrogens with zero attached hydrogens (tertiary/aromatic N) is 1. The third-order valence-corrected chi connectivity index (χ3v) is 6.19. The van der Waals surface area contributed by atoms with Crippen LogP contribution in [-0.2, 0) is 0 Å². The standard InChI is InChI=1S/C21H23ClN2OS/c1-13-5-8-15(9-6-13)17(24(3)4)12-23-21(25)20-19(22)16-10-7-14(2)11-18(16)26-20/h5-11,17H,12H2,1-4H3,(H,23,25). The van der Waals surface area contributed by atoms with Crippen molar-refractivity contribution < 1.29 is 4.79 Å². The number of amides is 1. The Balaban J connectivity index is 1.78. The Morgan fingerprint density at radius 2 is 1.77 bits per heavy atom. The van der Waals surface area contributed by atoms with Gasteiger partial charge in [0, 0.05) is 16.6 Å². The summed E-state index contributed by atoms with van der Waals surface area (Å²) in [6, 6.07) is 14.6. The second kappa shape index (κ2) is 7.78. The van der Waals surface area contributed by atoms with Crippen LogP contribution in [-0.4, -0.2) is 31.4 Å². The molecule has 0 aliphatic rings. The van der Waals surface area contributed by atoms with E-state index in [-0.39, 0.29) is 11.9 Å². The van der Waals surface area contributed by atoms with Gasteiger partial charge in [0.1, 0.15) is 4.88 Å². The summed E-state index contributed by atoms with van der Waals surface area (Å²) in [5.41, 5.74) is 3.57. The van der Waals surface area contributed by atoms with E-state index in [1.54, 1.807) is 0 Å². The van der Waals surface area contributed by atoms with Gasteiger partial charge in [0.15, 0.2) is 0 Å². The highest BCUT2D eigenvalue weighted by Gasteiger charge is 2.20. The van der Waals surface area contributed by atoms with Crippen LogP contribution in [0, 0.1) is 13.8 Å². The first kappa shape index (κ1) is 18.9. The summed E-state index contributed by atoms with van der Waals surface area (Å²) in [5, 5.41) is 4.54. The highest BCUT2D eigenvalue weighted by atomic mass is 35.5. The number of hydrogen-bond donors (Lipinski definition) is 1. The van der Waals surface area contributed by atoms with Crippen molar-refractivity contribution in [3.05, 3.63) is 69.1 Å². The smallest absolute Gasteiger partial charge is 0.262 e. The van der Waals surface area contributed by atoms with Gasteiger partial charge in [-0.25, -0.2) is 0 Å². The first-order valence-corrected chi connectivity index (χ1v) is 9.76. The Kier molecular flexibility index (Phi) is 5.66. The highest BCUT2D eigenvalue weighted by Crippen LogP contribution is 2.35. The molecule has 0 radical (unpaired) electrons. The van der Waals surface area contributed by atoms with Crippen molar-refractivity contribution in [3.8, 4) is 0 Å². The van der Waals surface area contributed by atoms with Gasteiger partial charge in [0.2, 0.25) is 0 Å². The van der Waals surface area contributed by atoms with Crippen molar-refractivity contribution in [3.63, 3.8) is 0 Å². The molecule has 0 saturated heterocycles. The fourth-order valence-corrected chi connectivity index (χ4v) is 4.51. The van der Waals surface area contributed by atoms with Gasteiger partial charge in [-0.1, -0.05) is 53.6 Å². The molecule has 136 valence electrons. The van der Waals surface area contributed by atoms with E-state index in [2.05, 4.69) is 47.5 Å². The molecule has 1 N–H and O–H groups in total. The Morgan fingerprint density at radius 1 is 1.12 bits per heavy atom. The molecule has 0 fully saturated rings. The number of hydrogen-bond acceptors (Lipinski definition) is 3. The average molecular weight is 387 g/mol. The zero-order chi connectivity index (χ0) is 18.8. The molecule has 3 nitrogen and oxygen atoms in total. The van der Waals surface area contributed by atoms with Crippen molar-refractivity contribution in [1.29, 1.82) is 0 Å². The lowest BCUT2D eigenvalue weighted by Crippen LogP contribution is -2.34. The SMILES string of the molecule is Cc1ccc(C(CNC(=O)c2sc3cc(C)ccc3c2Cl)N(C)C)cc1. The lowest BCUT2D eigenvalue weighted by atomic mass is 10.0. The number of rotatable bonds is 5. The molecule has 1 aromatic heterocycles. The minimum absolute atomic E-state index is 0.106. The summed E-state index contributed by atoms with van der Waals surface area (Å²) in [7, 11) is 4.04. The van der Waals surface area contributed by atoms with E-state index >= 15 is 0 Å². The van der Waals surface area contributed by atoms with Crippen LogP contribution in [0.2, 0.25) is 5.02 Å². The van der Waals surface area contributed by atoms with Gasteiger partial charge in [-0.05, 0) is 45.1 Å². The maximum absolute atomic E-state index is 12.7. The predicted molar refractivity (Wildman–Crippen MR) is 112 cm³/mol. The molecule has 1 atom stereocenters. The van der Waals surface area contributed by atoms with Crippen LogP contribution in [0.5, 0.6) is 0 Å². The summed E-state index contributed by atoms with van der Waals surface area (Å²) < 4.78 is 1.04. The maximum Gasteiger partial charge on any atom is 0.262 e. The number of thiophene rings is 1. The first-order valence-electron chi connectivity index (χ1n) is 8.56. The molecule has 3 rings (SSSR count). The number of aryl methyl sites for hydroxylation is 2. The van der Waals surface area contributed by atoms with Crippen LogP contribution < -0.4 is 5.32 Å². The second-order valence-corrected chi connectivity index (χ2v) is 8.28. The van der Waals surface area contributed by atoms with Crippen molar-refractivity contribution in [2.75, 3.05) is 20.6 Å². The fourth-order valence-electron chi connectivity index (χ4n) is 2.98. The summed E-state index contributed by atoms with van der Waals surface area (Å²) in [4.78, 5) is 15.4. The van der Waals surface area contributed by atoms with E-state index in [0.717, 1.165) is 15.6 Å². The number of benzene rings is 2. The van der Waals surface area contributed by atoms with E-state index in [1.165, 1.54) is 22.5 Å². The largest absolute Gasteiger partial charge is 0.349 e. The second-order valence-electron chi connectivity index (χ2n) is 6.84. The molecule has 5 heteroatoms. The number of nitrogens with one attached hydrogen (secondary N) is 1. The van der Waals surface area contributed by atoms with E-state index < -0.39 is 0 Å². The van der Waals surface area contributed by atoms with Crippen LogP contribution in [0.25, 0.3) is 10.1 Å². The Morgan fingerprint density at radius 3 is 2.42 bits per heavy atom. The number of likely N-dealkylation sites (N-methyl/N-ethyl adjacent to an activating group) is 1. The zero-order valence-electron chi connectivity index (χ0n) is 15.5. The quantitative estimate of drug-likeness (QED) is 0.653. The molecule has 0 aliphatic carbocycles. The highest BCUT2D eigenvalue weighted by molar-refractivity contribution is 7.21. The molecular formula is C21H23ClN2OS. The molecule has 2 aromatic carbocycles. The molecule has 0 saturated carbocycles. The van der Waals surface area contributed by atoms with Gasteiger partial charge in [-0.3, -0.25) is 4.79 Å². The number of carbonyl (C=O) groups excluding carboxylic acids is 1. The molecule has 3 aromatic rings. The van der Waals surface area contributed by atoms with Crippen molar-refractivity contribution in [1.82, 2.24) is 10.2 Å². The van der Waals surface area contributed by atoms with E-state index in [9.17, 15) is 4.79 Å². The summed E-state index contributed by atoms with van der Waals surface area (Å²) in [5.74, 6) is -0.118. The lowest BCUT2D eigenvalue weighted by Gasteiger charge is -2.25. The Bertz CT molecular complexity index is 931. The van der Waals surface area contributed by atoms with Gasteiger partial charge < -0.3 is 10.2 Å². The summed E-state index contributed by atoms with van der Waals surface area (Å²) in [6.45, 7) is 4.63. The van der Waals surface area contributed by atoms with Crippen molar-refractivity contribution >= 4 is 38.9 Å². The molecule has 1 unspecified atom stereocenters. The normalized spacial score (nSPS) is 12.5. The Labute approximate surface area is 163 Å². The van der Waals surface area contributed by atoms with Gasteiger partial charge in [0.05, 0.1) is 11.1 Å². The minimum Gasteiger partial charge on any atom is -0.349 e. The number of fused-ring (bicyclic) bond motifs is 1. The molecule has 0 aliphatic heterocycles. The lowest BCUT2D eigenvalue weighted by molar-refractivity contribution is 0.0946. The molecule has 0 spiro atoms. The maximum atomic E-state index is 12.7. The molecule has 1 amide bonds. The molecule has 1 heterocycles. The van der Waals surface area contributed by atoms with Crippen LogP contribution in [0.1, 0.15) is 32.4 Å². The number of halogens is 1. The van der Waals surface area contributed by atoms with Crippen LogP contribution in [0.15, 0.2) is 42.5 Å². The van der Waals surface area contributed by atoms with Gasteiger partial charge in [-0.15, -0.1) is 11.3 Å². The monoisotopic (exact) mass is 386 g/mol. The molecule has 26 heavy (non-hydrogen) atoms. The van der Waals surface area contributed by atoms with Gasteiger partial charge in [0.25, 0.3) is 5.91 Å². The molecular weight excluding hydrogens is 364 g/mol. The van der Waals surface area contributed by atoms with Crippen LogP contribution in [0.4, 0.5) is 0 Å². The van der Waals surface area contributed by atoms with E-state index in [1.807, 2.05) is 33.2 Å². The Hall–Kier alpha value is -1.88. The third kappa shape index (κ3) is 3.93. The van der Waals surface area contributed by atoms with Crippen LogP contribution >= 0.6 is 22.9 Å². The van der Waals surface area contributed by atoms with E-state index in [4.69, 9.17) is 11.6 Å². The zero-order valence-corrected chi connectivity index (χ0v) is 17.0. The van der Waals surface area contributed by atoms with Gasteiger partial charge >= 0.3 is 0 Å². The number of carbonyl (C=O) groups is 1. The summed E-state index contributed by atoms with van der Waals surface area (Å²) in [6.07, 6.45) is 0. The van der Waals surface area contributed by atoms with Gasteiger partial charge in [-0.2, -0.15) is 0 Å². The van der Waals surface area contributed by atoms with Crippen molar-refractivity contribution in [2.45, 2.75) is 19.9 Å². The third-order valence-electron chi connectivity index (χ3n) is 4.53. The van der Waals surface area contributed by atoms with Crippen LogP contribution in [0.3, 0.4) is 0 Å². The average Bonchev–Trinajstić information content (AvgIpc) is 2.92. The topological polar surface area (TPSA) is 32.3 Å². The van der Waals surface area contributed by atoms with E-state index in [0.29, 0.717) is 16.4 Å². The van der Waals surface area contributed by atoms with Crippen molar-refractivity contribution in [2.24, 2.45) is 0 Å². The predicted octanol–water partition coefficient (Wildman–Crippen LogP) is 5.20. The summed E-state index contributed by atoms with van der Waals surface area (Å²) >= 11 is 7.90.